The van der Waals surface area contributed by atoms with Crippen molar-refractivity contribution in [2.75, 3.05) is 46.6 Å². The highest BCUT2D eigenvalue weighted by Crippen LogP contribution is 2.27. The van der Waals surface area contributed by atoms with Crippen molar-refractivity contribution in [1.29, 1.82) is 0 Å². The highest BCUT2D eigenvalue weighted by molar-refractivity contribution is 7.10. The summed E-state index contributed by atoms with van der Waals surface area (Å²) in [5.41, 5.74) is 3.95. The molecule has 0 atom stereocenters. The fourth-order valence-corrected chi connectivity index (χ4v) is 3.47. The minimum Gasteiger partial charge on any atom is -0.493 e. The van der Waals surface area contributed by atoms with Crippen molar-refractivity contribution >= 4 is 23.5 Å². The summed E-state index contributed by atoms with van der Waals surface area (Å²) < 4.78 is 16.6. The van der Waals surface area contributed by atoms with Gasteiger partial charge in [-0.15, -0.1) is 11.3 Å². The number of benzene rings is 1. The van der Waals surface area contributed by atoms with Crippen LogP contribution in [0.2, 0.25) is 0 Å². The topological polar surface area (TPSA) is 72.4 Å². The fourth-order valence-electron chi connectivity index (χ4n) is 2.79. The Bertz CT molecular complexity index is 816. The predicted molar refractivity (Wildman–Crippen MR) is 110 cm³/mol. The van der Waals surface area contributed by atoms with Crippen molar-refractivity contribution in [3.63, 3.8) is 0 Å². The molecule has 2 aromatic rings. The second kappa shape index (κ2) is 10.2. The third-order valence-corrected chi connectivity index (χ3v) is 5.19. The van der Waals surface area contributed by atoms with Crippen molar-refractivity contribution in [2.24, 2.45) is 5.10 Å². The number of hydrogen-bond donors (Lipinski definition) is 1. The molecule has 0 aliphatic carbocycles. The Hall–Kier alpha value is -2.42. The standard InChI is InChI=1S/C20H25N3O4S/c1-15-11-17(14-28-15)20(24)22-21-13-16-3-4-18(19(12-16)25-2)27-10-7-23-5-8-26-9-6-23/h3-4,11-14H,5-10H2,1-2H3,(H,22,24)/b21-13+. The SMILES string of the molecule is COc1cc(/C=N/NC(=O)c2csc(C)c2)ccc1OCCN1CCOCC1. The number of hydrogen-bond acceptors (Lipinski definition) is 7. The average Bonchev–Trinajstić information content (AvgIpc) is 3.16. The Morgan fingerprint density at radius 3 is 2.86 bits per heavy atom. The zero-order valence-electron chi connectivity index (χ0n) is 16.1. The molecule has 1 aromatic heterocycles. The van der Waals surface area contributed by atoms with Gasteiger partial charge in [0, 0.05) is 29.9 Å². The van der Waals surface area contributed by atoms with Gasteiger partial charge in [-0.05, 0) is 36.8 Å². The lowest BCUT2D eigenvalue weighted by Crippen LogP contribution is -2.38. The number of rotatable bonds is 8. The molecule has 0 saturated carbocycles. The lowest BCUT2D eigenvalue weighted by Gasteiger charge is -2.26. The second-order valence-corrected chi connectivity index (χ2v) is 7.47. The molecule has 1 aliphatic rings. The number of carbonyl (C=O) groups excluding carboxylic acids is 1. The molecule has 7 nitrogen and oxygen atoms in total. The van der Waals surface area contributed by atoms with Gasteiger partial charge >= 0.3 is 0 Å². The van der Waals surface area contributed by atoms with Crippen LogP contribution in [0.3, 0.4) is 0 Å². The van der Waals surface area contributed by atoms with Gasteiger partial charge in [0.1, 0.15) is 6.61 Å². The summed E-state index contributed by atoms with van der Waals surface area (Å²) in [5.74, 6) is 1.09. The van der Waals surface area contributed by atoms with Crippen LogP contribution in [0.1, 0.15) is 20.8 Å². The van der Waals surface area contributed by atoms with Gasteiger partial charge < -0.3 is 14.2 Å². The minimum atomic E-state index is -0.226. The number of hydrazone groups is 1. The summed E-state index contributed by atoms with van der Waals surface area (Å²) in [5, 5.41) is 5.83. The molecule has 0 radical (unpaired) electrons. The van der Waals surface area contributed by atoms with Gasteiger partial charge in [-0.2, -0.15) is 5.10 Å². The number of nitrogens with one attached hydrogen (secondary N) is 1. The molecule has 1 N–H and O–H groups in total. The van der Waals surface area contributed by atoms with Gasteiger partial charge in [0.25, 0.3) is 5.91 Å². The van der Waals surface area contributed by atoms with Crippen LogP contribution in [0.25, 0.3) is 0 Å². The quantitative estimate of drug-likeness (QED) is 0.542. The Morgan fingerprint density at radius 1 is 1.32 bits per heavy atom. The normalized spacial score (nSPS) is 14.9. The molecule has 28 heavy (non-hydrogen) atoms. The Morgan fingerprint density at radius 2 is 2.14 bits per heavy atom. The summed E-state index contributed by atoms with van der Waals surface area (Å²) in [7, 11) is 1.60. The zero-order valence-corrected chi connectivity index (χ0v) is 17.0. The van der Waals surface area contributed by atoms with Crippen LogP contribution in [-0.2, 0) is 4.74 Å². The Balaban J connectivity index is 1.52. The van der Waals surface area contributed by atoms with Gasteiger partial charge in [-0.3, -0.25) is 9.69 Å². The maximum Gasteiger partial charge on any atom is 0.272 e. The fraction of sp³-hybridized carbons (Fsp3) is 0.400. The highest BCUT2D eigenvalue weighted by atomic mass is 32.1. The summed E-state index contributed by atoms with van der Waals surface area (Å²) in [4.78, 5) is 15.4. The van der Waals surface area contributed by atoms with Crippen LogP contribution in [-0.4, -0.2) is 63.6 Å². The molecule has 0 bridgehead atoms. The molecule has 0 unspecified atom stereocenters. The number of thiophene rings is 1. The van der Waals surface area contributed by atoms with E-state index in [1.807, 2.05) is 36.6 Å². The first kappa shape index (κ1) is 20.3. The summed E-state index contributed by atoms with van der Waals surface area (Å²) in [6.45, 7) is 6.82. The molecule has 1 fully saturated rings. The van der Waals surface area contributed by atoms with Crippen molar-refractivity contribution in [2.45, 2.75) is 6.92 Å². The Labute approximate surface area is 168 Å². The molecule has 1 aromatic carbocycles. The minimum absolute atomic E-state index is 0.226. The molecule has 1 aliphatic heterocycles. The number of morpholine rings is 1. The lowest BCUT2D eigenvalue weighted by atomic mass is 10.2. The van der Waals surface area contributed by atoms with Gasteiger partial charge in [0.05, 0.1) is 32.1 Å². The molecule has 2 heterocycles. The number of carbonyl (C=O) groups is 1. The van der Waals surface area contributed by atoms with Crippen LogP contribution >= 0.6 is 11.3 Å². The molecule has 1 amide bonds. The Kier molecular flexibility index (Phi) is 7.41. The van der Waals surface area contributed by atoms with Crippen LogP contribution in [0.15, 0.2) is 34.7 Å². The third kappa shape index (κ3) is 5.79. The van der Waals surface area contributed by atoms with E-state index in [9.17, 15) is 4.79 Å². The van der Waals surface area contributed by atoms with E-state index in [4.69, 9.17) is 14.2 Å². The number of amides is 1. The van der Waals surface area contributed by atoms with E-state index in [2.05, 4.69) is 15.4 Å². The average molecular weight is 404 g/mol. The van der Waals surface area contributed by atoms with Crippen LogP contribution in [0.5, 0.6) is 11.5 Å². The van der Waals surface area contributed by atoms with E-state index >= 15 is 0 Å². The summed E-state index contributed by atoms with van der Waals surface area (Å²) in [6, 6.07) is 7.39. The molecular formula is C20H25N3O4S. The molecule has 1 saturated heterocycles. The second-order valence-electron chi connectivity index (χ2n) is 6.36. The first-order valence-corrected chi connectivity index (χ1v) is 10.0. The number of methoxy groups -OCH3 is 1. The monoisotopic (exact) mass is 403 g/mol. The predicted octanol–water partition coefficient (Wildman–Crippen LogP) is 2.54. The lowest BCUT2D eigenvalue weighted by molar-refractivity contribution is 0.0321. The van der Waals surface area contributed by atoms with Crippen LogP contribution < -0.4 is 14.9 Å². The van der Waals surface area contributed by atoms with E-state index in [1.54, 1.807) is 13.3 Å². The molecule has 3 rings (SSSR count). The number of aryl methyl sites for hydroxylation is 1. The smallest absolute Gasteiger partial charge is 0.272 e. The maximum absolute atomic E-state index is 12.0. The van der Waals surface area contributed by atoms with Crippen molar-refractivity contribution < 1.29 is 19.0 Å². The molecular weight excluding hydrogens is 378 g/mol. The zero-order chi connectivity index (χ0) is 19.8. The van der Waals surface area contributed by atoms with Gasteiger partial charge in [-0.1, -0.05) is 0 Å². The first-order chi connectivity index (χ1) is 13.7. The number of nitrogens with zero attached hydrogens (tertiary/aromatic N) is 2. The van der Waals surface area contributed by atoms with E-state index < -0.39 is 0 Å². The van der Waals surface area contributed by atoms with Gasteiger partial charge in [0.15, 0.2) is 11.5 Å². The van der Waals surface area contributed by atoms with E-state index in [0.29, 0.717) is 23.7 Å². The largest absolute Gasteiger partial charge is 0.493 e. The first-order valence-electron chi connectivity index (χ1n) is 9.15. The summed E-state index contributed by atoms with van der Waals surface area (Å²) in [6.07, 6.45) is 1.58. The van der Waals surface area contributed by atoms with Gasteiger partial charge in [0.2, 0.25) is 0 Å². The van der Waals surface area contributed by atoms with Gasteiger partial charge in [-0.25, -0.2) is 5.43 Å². The molecule has 8 heteroatoms. The summed E-state index contributed by atoms with van der Waals surface area (Å²) >= 11 is 1.53. The van der Waals surface area contributed by atoms with E-state index in [0.717, 1.165) is 43.3 Å². The maximum atomic E-state index is 12.0. The van der Waals surface area contributed by atoms with Crippen molar-refractivity contribution in [3.8, 4) is 11.5 Å². The molecule has 0 spiro atoms. The van der Waals surface area contributed by atoms with Crippen molar-refractivity contribution in [1.82, 2.24) is 10.3 Å². The van der Waals surface area contributed by atoms with Crippen molar-refractivity contribution in [3.05, 3.63) is 45.6 Å². The highest BCUT2D eigenvalue weighted by Gasteiger charge is 2.11. The van der Waals surface area contributed by atoms with Crippen LogP contribution in [0, 0.1) is 6.92 Å². The third-order valence-electron chi connectivity index (χ3n) is 4.33. The van der Waals surface area contributed by atoms with E-state index in [-0.39, 0.29) is 5.91 Å². The number of ether oxygens (including phenoxy) is 3. The van der Waals surface area contributed by atoms with Crippen LogP contribution in [0.4, 0.5) is 0 Å². The van der Waals surface area contributed by atoms with E-state index in [1.165, 1.54) is 11.3 Å². The molecule has 150 valence electrons.